The fourth-order valence-corrected chi connectivity index (χ4v) is 4.63. The quantitative estimate of drug-likeness (QED) is 0.478. The summed E-state index contributed by atoms with van der Waals surface area (Å²) in [6.07, 6.45) is 2.19. The van der Waals surface area contributed by atoms with Crippen LogP contribution in [0.2, 0.25) is 0 Å². The number of thioether (sulfide) groups is 1. The molecule has 9 nitrogen and oxygen atoms in total. The van der Waals surface area contributed by atoms with Gasteiger partial charge in [0.25, 0.3) is 5.91 Å². The van der Waals surface area contributed by atoms with Crippen molar-refractivity contribution in [3.63, 3.8) is 0 Å². The van der Waals surface area contributed by atoms with E-state index in [-0.39, 0.29) is 17.6 Å². The van der Waals surface area contributed by atoms with Gasteiger partial charge in [-0.3, -0.25) is 14.2 Å². The molecule has 2 amide bonds. The minimum absolute atomic E-state index is 0.169. The number of aromatic nitrogens is 3. The van der Waals surface area contributed by atoms with Gasteiger partial charge in [0.2, 0.25) is 11.9 Å². The van der Waals surface area contributed by atoms with E-state index in [9.17, 15) is 9.59 Å². The molecule has 1 aromatic heterocycles. The van der Waals surface area contributed by atoms with Gasteiger partial charge in [0.15, 0.2) is 5.16 Å². The van der Waals surface area contributed by atoms with Gasteiger partial charge in [0.1, 0.15) is 0 Å². The van der Waals surface area contributed by atoms with Gasteiger partial charge in [-0.25, -0.2) is 0 Å². The van der Waals surface area contributed by atoms with E-state index in [1.807, 2.05) is 30.3 Å². The molecule has 0 unspecified atom stereocenters. The Labute approximate surface area is 201 Å². The van der Waals surface area contributed by atoms with Gasteiger partial charge in [-0.05, 0) is 37.1 Å². The fraction of sp³-hybridized carbons (Fsp3) is 0.333. The zero-order chi connectivity index (χ0) is 23.3. The molecule has 5 rings (SSSR count). The minimum atomic E-state index is -0.279. The number of morpholine rings is 1. The molecular formula is C24H26N6O3S. The first-order valence-corrected chi connectivity index (χ1v) is 12.3. The topological polar surface area (TPSA) is 101 Å². The monoisotopic (exact) mass is 478 g/mol. The van der Waals surface area contributed by atoms with Gasteiger partial charge >= 0.3 is 0 Å². The lowest BCUT2D eigenvalue weighted by molar-refractivity contribution is -0.113. The highest BCUT2D eigenvalue weighted by molar-refractivity contribution is 7.99. The van der Waals surface area contributed by atoms with E-state index in [1.54, 1.807) is 24.3 Å². The predicted octanol–water partition coefficient (Wildman–Crippen LogP) is 3.43. The fourth-order valence-electron chi connectivity index (χ4n) is 3.83. The van der Waals surface area contributed by atoms with Gasteiger partial charge < -0.3 is 20.3 Å². The van der Waals surface area contributed by atoms with Crippen LogP contribution in [-0.4, -0.2) is 58.6 Å². The van der Waals surface area contributed by atoms with Gasteiger partial charge in [-0.15, -0.1) is 10.2 Å². The van der Waals surface area contributed by atoms with Crippen LogP contribution in [0.25, 0.3) is 0 Å². The SMILES string of the molecule is O=C(CSc1nnc(N2CCOCC2)n1C1CC1)Nc1ccccc1C(=O)Nc1ccccc1. The number of hydrogen-bond acceptors (Lipinski definition) is 7. The number of hydrogen-bond donors (Lipinski definition) is 2. The van der Waals surface area contributed by atoms with Crippen molar-refractivity contribution in [2.75, 3.05) is 47.6 Å². The van der Waals surface area contributed by atoms with E-state index in [0.29, 0.717) is 36.2 Å². The molecule has 10 heteroatoms. The van der Waals surface area contributed by atoms with Crippen molar-refractivity contribution in [2.45, 2.75) is 24.0 Å². The summed E-state index contributed by atoms with van der Waals surface area (Å²) < 4.78 is 7.61. The Kier molecular flexibility index (Phi) is 6.77. The summed E-state index contributed by atoms with van der Waals surface area (Å²) >= 11 is 1.36. The Hall–Kier alpha value is -3.37. The number of rotatable bonds is 8. The molecule has 2 aromatic carbocycles. The second-order valence-corrected chi connectivity index (χ2v) is 9.13. The molecule has 176 valence electrons. The summed E-state index contributed by atoms with van der Waals surface area (Å²) in [5.41, 5.74) is 1.57. The van der Waals surface area contributed by atoms with E-state index in [4.69, 9.17) is 4.74 Å². The van der Waals surface area contributed by atoms with Crippen molar-refractivity contribution in [1.82, 2.24) is 14.8 Å². The molecule has 1 saturated heterocycles. The number of nitrogens with zero attached hydrogens (tertiary/aromatic N) is 4. The molecule has 2 N–H and O–H groups in total. The first kappa shape index (κ1) is 22.4. The van der Waals surface area contributed by atoms with Crippen molar-refractivity contribution >= 4 is 40.9 Å². The molecule has 2 heterocycles. The highest BCUT2D eigenvalue weighted by Gasteiger charge is 2.32. The number of carbonyl (C=O) groups is 2. The summed E-state index contributed by atoms with van der Waals surface area (Å²) in [7, 11) is 0. The zero-order valence-corrected chi connectivity index (χ0v) is 19.5. The van der Waals surface area contributed by atoms with Gasteiger partial charge in [0, 0.05) is 24.8 Å². The third-order valence-corrected chi connectivity index (χ3v) is 6.61. The number of para-hydroxylation sites is 2. The number of ether oxygens (including phenoxy) is 1. The van der Waals surface area contributed by atoms with Crippen LogP contribution in [0.15, 0.2) is 59.8 Å². The van der Waals surface area contributed by atoms with E-state index >= 15 is 0 Å². The van der Waals surface area contributed by atoms with Crippen LogP contribution in [-0.2, 0) is 9.53 Å². The van der Waals surface area contributed by atoms with Crippen LogP contribution in [0, 0.1) is 0 Å². The van der Waals surface area contributed by atoms with Crippen LogP contribution >= 0.6 is 11.8 Å². The lowest BCUT2D eigenvalue weighted by atomic mass is 10.1. The van der Waals surface area contributed by atoms with Gasteiger partial charge in [0.05, 0.1) is 30.2 Å². The molecule has 1 aliphatic heterocycles. The molecule has 1 aliphatic carbocycles. The van der Waals surface area contributed by atoms with Crippen molar-refractivity contribution < 1.29 is 14.3 Å². The van der Waals surface area contributed by atoms with Crippen molar-refractivity contribution in [1.29, 1.82) is 0 Å². The van der Waals surface area contributed by atoms with Crippen molar-refractivity contribution in [2.24, 2.45) is 0 Å². The van der Waals surface area contributed by atoms with E-state index < -0.39 is 0 Å². The maximum absolute atomic E-state index is 12.8. The number of carbonyl (C=O) groups excluding carboxylic acids is 2. The first-order chi connectivity index (χ1) is 16.7. The molecule has 0 radical (unpaired) electrons. The molecular weight excluding hydrogens is 452 g/mol. The van der Waals surface area contributed by atoms with Crippen molar-refractivity contribution in [3.05, 3.63) is 60.2 Å². The average Bonchev–Trinajstić information content (AvgIpc) is 3.62. The second-order valence-electron chi connectivity index (χ2n) is 8.19. The highest BCUT2D eigenvalue weighted by Crippen LogP contribution is 2.41. The lowest BCUT2D eigenvalue weighted by Crippen LogP contribution is -2.38. The number of nitrogens with one attached hydrogen (secondary N) is 2. The van der Waals surface area contributed by atoms with Crippen LogP contribution in [0.3, 0.4) is 0 Å². The summed E-state index contributed by atoms with van der Waals surface area (Å²) in [6.45, 7) is 2.94. The zero-order valence-electron chi connectivity index (χ0n) is 18.6. The molecule has 2 fully saturated rings. The highest BCUT2D eigenvalue weighted by atomic mass is 32.2. The number of amides is 2. The Morgan fingerprint density at radius 2 is 1.71 bits per heavy atom. The van der Waals surface area contributed by atoms with E-state index in [1.165, 1.54) is 11.8 Å². The Morgan fingerprint density at radius 1 is 0.971 bits per heavy atom. The lowest BCUT2D eigenvalue weighted by Gasteiger charge is -2.27. The van der Waals surface area contributed by atoms with Crippen LogP contribution in [0.4, 0.5) is 17.3 Å². The molecule has 34 heavy (non-hydrogen) atoms. The largest absolute Gasteiger partial charge is 0.378 e. The first-order valence-electron chi connectivity index (χ1n) is 11.3. The third kappa shape index (κ3) is 5.23. The summed E-state index contributed by atoms with van der Waals surface area (Å²) in [4.78, 5) is 27.7. The molecule has 0 atom stereocenters. The van der Waals surface area contributed by atoms with E-state index in [0.717, 1.165) is 37.0 Å². The summed E-state index contributed by atoms with van der Waals surface area (Å²) in [5.74, 6) is 0.543. The van der Waals surface area contributed by atoms with Gasteiger partial charge in [-0.1, -0.05) is 42.1 Å². The van der Waals surface area contributed by atoms with Crippen LogP contribution in [0.5, 0.6) is 0 Å². The maximum atomic E-state index is 12.8. The third-order valence-electron chi connectivity index (χ3n) is 5.66. The van der Waals surface area contributed by atoms with Gasteiger partial charge in [-0.2, -0.15) is 0 Å². The standard InChI is InChI=1S/C24H26N6O3S/c31-21(26-20-9-5-4-8-19(20)22(32)25-17-6-2-1-3-7-17)16-34-24-28-27-23(30(24)18-10-11-18)29-12-14-33-15-13-29/h1-9,18H,10-16H2,(H,25,32)(H,26,31). The van der Waals surface area contributed by atoms with Crippen molar-refractivity contribution in [3.8, 4) is 0 Å². The minimum Gasteiger partial charge on any atom is -0.378 e. The average molecular weight is 479 g/mol. The molecule has 3 aromatic rings. The van der Waals surface area contributed by atoms with Crippen LogP contribution < -0.4 is 15.5 Å². The molecule has 2 aliphatic rings. The van der Waals surface area contributed by atoms with E-state index in [2.05, 4.69) is 30.3 Å². The Bertz CT molecular complexity index is 1160. The number of benzene rings is 2. The Morgan fingerprint density at radius 3 is 2.47 bits per heavy atom. The Balaban J connectivity index is 1.24. The predicted molar refractivity (Wildman–Crippen MR) is 132 cm³/mol. The number of anilines is 3. The molecule has 0 bridgehead atoms. The van der Waals surface area contributed by atoms with Crippen LogP contribution in [0.1, 0.15) is 29.2 Å². The summed E-state index contributed by atoms with van der Waals surface area (Å²) in [5, 5.41) is 15.3. The molecule has 0 spiro atoms. The smallest absolute Gasteiger partial charge is 0.257 e. The molecule has 1 saturated carbocycles. The normalized spacial score (nSPS) is 15.7. The second kappa shape index (κ2) is 10.3. The summed E-state index contributed by atoms with van der Waals surface area (Å²) in [6, 6.07) is 16.6. The maximum Gasteiger partial charge on any atom is 0.257 e.